The van der Waals surface area contributed by atoms with E-state index in [0.717, 1.165) is 5.56 Å². The van der Waals surface area contributed by atoms with Crippen molar-refractivity contribution < 1.29 is 19.1 Å². The number of thiocarbonyl (C=S) groups is 1. The Balaban J connectivity index is 1.78. The van der Waals surface area contributed by atoms with Gasteiger partial charge in [-0.05, 0) is 48.1 Å². The zero-order valence-corrected chi connectivity index (χ0v) is 20.0. The number of amides is 1. The molecule has 0 unspecified atom stereocenters. The fourth-order valence-electron chi connectivity index (χ4n) is 3.53. The minimum Gasteiger partial charge on any atom is -0.493 e. The second-order valence-corrected chi connectivity index (χ2v) is 10.2. The molecule has 9 heteroatoms. The van der Waals surface area contributed by atoms with Gasteiger partial charge < -0.3 is 9.47 Å². The third kappa shape index (κ3) is 4.54. The first-order valence-electron chi connectivity index (χ1n) is 9.28. The molecule has 0 aromatic heterocycles. The van der Waals surface area contributed by atoms with E-state index in [0.29, 0.717) is 27.3 Å². The van der Waals surface area contributed by atoms with Crippen molar-refractivity contribution in [3.05, 3.63) is 39.2 Å². The average molecular weight is 486 g/mol. The first-order valence-corrected chi connectivity index (χ1v) is 11.3. The van der Waals surface area contributed by atoms with Gasteiger partial charge in [0.25, 0.3) is 5.91 Å². The quantitative estimate of drug-likeness (QED) is 0.232. The van der Waals surface area contributed by atoms with Crippen LogP contribution in [0.15, 0.2) is 33.7 Å². The van der Waals surface area contributed by atoms with Crippen LogP contribution in [0.4, 0.5) is 0 Å². The zero-order chi connectivity index (χ0) is 22.2. The lowest BCUT2D eigenvalue weighted by Crippen LogP contribution is -2.27. The lowest BCUT2D eigenvalue weighted by molar-refractivity contribution is -0.136. The van der Waals surface area contributed by atoms with E-state index in [2.05, 4.69) is 0 Å². The van der Waals surface area contributed by atoms with Crippen molar-refractivity contribution in [2.75, 3.05) is 13.7 Å². The summed E-state index contributed by atoms with van der Waals surface area (Å²) in [5, 5.41) is 0. The monoisotopic (exact) mass is 485 g/mol. The molecule has 3 rings (SSSR count). The van der Waals surface area contributed by atoms with Gasteiger partial charge in [0.05, 0.1) is 17.9 Å². The Morgan fingerprint density at radius 2 is 2.03 bits per heavy atom. The number of allylic oxidation sites excluding steroid dienone is 1. The molecule has 0 bridgehead atoms. The number of rotatable bonds is 6. The van der Waals surface area contributed by atoms with E-state index in [1.807, 2.05) is 20.8 Å². The second-order valence-electron chi connectivity index (χ2n) is 7.54. The van der Waals surface area contributed by atoms with E-state index in [-0.39, 0.29) is 33.6 Å². The minimum absolute atomic E-state index is 0.0826. The molecule has 1 saturated heterocycles. The van der Waals surface area contributed by atoms with E-state index in [1.165, 1.54) is 18.9 Å². The highest BCUT2D eigenvalue weighted by molar-refractivity contribution is 8.26. The van der Waals surface area contributed by atoms with E-state index >= 15 is 0 Å². The van der Waals surface area contributed by atoms with Crippen molar-refractivity contribution in [1.82, 2.24) is 4.90 Å². The number of likely N-dealkylation sites (N-methyl/N-ethyl adjacent to an activating group) is 1. The Morgan fingerprint density at radius 3 is 2.60 bits per heavy atom. The summed E-state index contributed by atoms with van der Waals surface area (Å²) in [7, 11) is 1.49. The molecule has 1 heterocycles. The van der Waals surface area contributed by atoms with Gasteiger partial charge in [0, 0.05) is 6.54 Å². The Labute approximate surface area is 195 Å². The highest BCUT2D eigenvalue weighted by Gasteiger charge is 2.61. The number of benzene rings is 1. The molecule has 0 radical (unpaired) electrons. The Kier molecular flexibility index (Phi) is 6.87. The molecule has 2 aliphatic rings. The van der Waals surface area contributed by atoms with Crippen LogP contribution in [0.25, 0.3) is 6.08 Å². The van der Waals surface area contributed by atoms with Crippen molar-refractivity contribution in [2.24, 2.45) is 17.3 Å². The molecule has 30 heavy (non-hydrogen) atoms. The smallest absolute Gasteiger partial charge is 0.315 e. The van der Waals surface area contributed by atoms with Crippen LogP contribution in [0, 0.1) is 17.3 Å². The Hall–Kier alpha value is -1.54. The summed E-state index contributed by atoms with van der Waals surface area (Å²) in [6.45, 7) is 6.33. The molecule has 2 fully saturated rings. The van der Waals surface area contributed by atoms with Crippen molar-refractivity contribution in [3.8, 4) is 11.5 Å². The molecule has 1 aliphatic heterocycles. The van der Waals surface area contributed by atoms with Crippen LogP contribution in [-0.4, -0.2) is 34.8 Å². The van der Waals surface area contributed by atoms with E-state index in [1.54, 1.807) is 35.3 Å². The van der Waals surface area contributed by atoms with Crippen molar-refractivity contribution in [1.29, 1.82) is 0 Å². The van der Waals surface area contributed by atoms with E-state index in [4.69, 9.17) is 44.9 Å². The van der Waals surface area contributed by atoms with E-state index in [9.17, 15) is 9.59 Å². The van der Waals surface area contributed by atoms with Gasteiger partial charge in [-0.25, -0.2) is 0 Å². The van der Waals surface area contributed by atoms with Gasteiger partial charge in [0.1, 0.15) is 8.81 Å². The largest absolute Gasteiger partial charge is 0.493 e. The predicted octanol–water partition coefficient (Wildman–Crippen LogP) is 5.41. The molecule has 1 amide bonds. The third-order valence-corrected chi connectivity index (χ3v) is 6.99. The van der Waals surface area contributed by atoms with Gasteiger partial charge in [0.2, 0.25) is 0 Å². The summed E-state index contributed by atoms with van der Waals surface area (Å²) in [4.78, 5) is 27.2. The summed E-state index contributed by atoms with van der Waals surface area (Å²) >= 11 is 18.0. The lowest BCUT2D eigenvalue weighted by atomic mass is 10.1. The van der Waals surface area contributed by atoms with Crippen LogP contribution in [-0.2, 0) is 9.59 Å². The van der Waals surface area contributed by atoms with Crippen LogP contribution in [0.3, 0.4) is 0 Å². The molecule has 2 atom stereocenters. The fourth-order valence-corrected chi connectivity index (χ4v) is 5.18. The van der Waals surface area contributed by atoms with Gasteiger partial charge in [-0.1, -0.05) is 67.1 Å². The number of halogens is 2. The summed E-state index contributed by atoms with van der Waals surface area (Å²) in [5.41, 5.74) is 0.456. The highest BCUT2D eigenvalue weighted by Crippen LogP contribution is 2.60. The first-order chi connectivity index (χ1) is 14.1. The maximum Gasteiger partial charge on any atom is 0.315 e. The number of carbonyl (C=O) groups excluding carboxylic acids is 2. The van der Waals surface area contributed by atoms with Gasteiger partial charge in [-0.2, -0.15) is 0 Å². The van der Waals surface area contributed by atoms with Gasteiger partial charge >= 0.3 is 5.97 Å². The molecular weight excluding hydrogens is 465 g/mol. The number of thioether (sulfide) groups is 1. The number of methoxy groups -OCH3 is 1. The average Bonchev–Trinajstić information content (AvgIpc) is 3.09. The van der Waals surface area contributed by atoms with Crippen LogP contribution >= 0.6 is 47.2 Å². The number of nitrogens with zero attached hydrogens (tertiary/aromatic N) is 1. The maximum absolute atomic E-state index is 12.7. The van der Waals surface area contributed by atoms with Crippen molar-refractivity contribution >= 4 is 69.5 Å². The summed E-state index contributed by atoms with van der Waals surface area (Å²) in [6, 6.07) is 5.12. The predicted molar refractivity (Wildman–Crippen MR) is 125 cm³/mol. The fraction of sp³-hybridized carbons (Fsp3) is 0.381. The van der Waals surface area contributed by atoms with Crippen LogP contribution < -0.4 is 9.47 Å². The maximum atomic E-state index is 12.7. The Bertz CT molecular complexity index is 970. The SMILES string of the molecule is CCN1C(=O)/C(=C/c2ccc(OC(=O)[C@H]3[C@@H](C=C(Cl)Cl)C3(C)C)c(OC)c2)SC1=S. The van der Waals surface area contributed by atoms with Gasteiger partial charge in [-0.3, -0.25) is 14.5 Å². The van der Waals surface area contributed by atoms with Gasteiger partial charge in [0.15, 0.2) is 11.5 Å². The van der Waals surface area contributed by atoms with Crippen LogP contribution in [0.1, 0.15) is 26.3 Å². The normalized spacial score (nSPS) is 23.5. The number of esters is 1. The Morgan fingerprint density at radius 1 is 1.33 bits per heavy atom. The topological polar surface area (TPSA) is 55.8 Å². The molecule has 5 nitrogen and oxygen atoms in total. The summed E-state index contributed by atoms with van der Waals surface area (Å²) < 4.78 is 11.7. The van der Waals surface area contributed by atoms with Crippen LogP contribution in [0.2, 0.25) is 0 Å². The molecule has 1 saturated carbocycles. The molecule has 1 aromatic rings. The molecule has 0 N–H and O–H groups in total. The minimum atomic E-state index is -0.370. The van der Waals surface area contributed by atoms with E-state index < -0.39 is 0 Å². The zero-order valence-electron chi connectivity index (χ0n) is 16.9. The number of hydrogen-bond acceptors (Lipinski definition) is 6. The number of ether oxygens (including phenoxy) is 2. The molecule has 1 aliphatic carbocycles. The van der Waals surface area contributed by atoms with Gasteiger partial charge in [-0.15, -0.1) is 0 Å². The second kappa shape index (κ2) is 8.91. The molecule has 160 valence electrons. The highest BCUT2D eigenvalue weighted by atomic mass is 35.5. The van der Waals surface area contributed by atoms with Crippen molar-refractivity contribution in [2.45, 2.75) is 20.8 Å². The number of hydrogen-bond donors (Lipinski definition) is 0. The first kappa shape index (κ1) is 23.1. The lowest BCUT2D eigenvalue weighted by Gasteiger charge is -2.11. The molecule has 1 aromatic carbocycles. The molecular formula is C21H21Cl2NO4S2. The standard InChI is InChI=1S/C21H21Cl2NO4S2/c1-5-24-18(25)15(30-20(24)29)9-11-6-7-13(14(8-11)27-4)28-19(26)17-12(10-16(22)23)21(17,2)3/h6-10,12,17H,5H2,1-4H3/b15-9-/t12-,17-/m1/s1. The molecule has 0 spiro atoms. The third-order valence-electron chi connectivity index (χ3n) is 5.36. The summed E-state index contributed by atoms with van der Waals surface area (Å²) in [5.74, 6) is -0.210. The number of carbonyl (C=O) groups is 2. The van der Waals surface area contributed by atoms with Crippen LogP contribution in [0.5, 0.6) is 11.5 Å². The van der Waals surface area contributed by atoms with Crippen molar-refractivity contribution in [3.63, 3.8) is 0 Å². The summed E-state index contributed by atoms with van der Waals surface area (Å²) in [6.07, 6.45) is 3.41.